The molecule has 108 valence electrons. The molecular formula is C15H19BrN2OS. The second-order valence-corrected chi connectivity index (χ2v) is 7.62. The van der Waals surface area contributed by atoms with E-state index in [-0.39, 0.29) is 5.54 Å². The molecular weight excluding hydrogens is 336 g/mol. The summed E-state index contributed by atoms with van der Waals surface area (Å²) in [5.41, 5.74) is 2.23. The summed E-state index contributed by atoms with van der Waals surface area (Å²) in [4.78, 5) is 5.50. The number of hydrogen-bond donors (Lipinski definition) is 1. The number of aromatic nitrogens is 1. The van der Waals surface area contributed by atoms with E-state index in [0.717, 1.165) is 21.6 Å². The van der Waals surface area contributed by atoms with Crippen molar-refractivity contribution in [1.29, 1.82) is 0 Å². The number of rotatable bonds is 4. The lowest BCUT2D eigenvalue weighted by Gasteiger charge is -2.21. The predicted molar refractivity (Wildman–Crippen MR) is 86.1 cm³/mol. The van der Waals surface area contributed by atoms with Gasteiger partial charge in [-0.15, -0.1) is 0 Å². The third-order valence-electron chi connectivity index (χ3n) is 2.63. The zero-order chi connectivity index (χ0) is 14.8. The van der Waals surface area contributed by atoms with E-state index in [1.807, 2.05) is 6.92 Å². The third-order valence-corrected chi connectivity index (χ3v) is 4.09. The summed E-state index contributed by atoms with van der Waals surface area (Å²) in [7, 11) is 0. The molecule has 0 spiro atoms. The smallest absolute Gasteiger partial charge is 0.260 e. The Morgan fingerprint density at radius 3 is 2.70 bits per heavy atom. The van der Waals surface area contributed by atoms with Crippen LogP contribution in [0, 0.1) is 6.92 Å². The maximum absolute atomic E-state index is 5.42. The van der Waals surface area contributed by atoms with E-state index in [0.29, 0.717) is 5.22 Å². The Hall–Kier alpha value is -0.780. The van der Waals surface area contributed by atoms with E-state index in [2.05, 4.69) is 65.2 Å². The van der Waals surface area contributed by atoms with Gasteiger partial charge in [0.05, 0.1) is 5.69 Å². The van der Waals surface area contributed by atoms with Gasteiger partial charge < -0.3 is 9.73 Å². The number of aryl methyl sites for hydroxylation is 1. The van der Waals surface area contributed by atoms with Crippen molar-refractivity contribution in [2.75, 3.05) is 0 Å². The third kappa shape index (κ3) is 4.65. The topological polar surface area (TPSA) is 38.1 Å². The Balaban J connectivity index is 2.19. The van der Waals surface area contributed by atoms with Gasteiger partial charge in [-0.2, -0.15) is 0 Å². The molecule has 20 heavy (non-hydrogen) atoms. The van der Waals surface area contributed by atoms with E-state index in [4.69, 9.17) is 4.42 Å². The zero-order valence-corrected chi connectivity index (χ0v) is 14.6. The van der Waals surface area contributed by atoms with Crippen molar-refractivity contribution in [1.82, 2.24) is 10.3 Å². The van der Waals surface area contributed by atoms with Crippen LogP contribution in [-0.2, 0) is 6.54 Å². The molecule has 0 aliphatic carbocycles. The van der Waals surface area contributed by atoms with Crippen LogP contribution in [0.1, 0.15) is 32.0 Å². The molecule has 1 heterocycles. The molecule has 5 heteroatoms. The van der Waals surface area contributed by atoms with Crippen LogP contribution in [0.25, 0.3) is 0 Å². The van der Waals surface area contributed by atoms with Crippen LogP contribution in [0.15, 0.2) is 43.5 Å². The monoisotopic (exact) mass is 354 g/mol. The van der Waals surface area contributed by atoms with Gasteiger partial charge in [0, 0.05) is 21.5 Å². The Kier molecular flexibility index (Phi) is 4.94. The standard InChI is InChI=1S/C15H19BrN2OS/c1-10-9-19-14(18-10)20-13-7-12(16)6-5-11(13)8-17-15(2,3)4/h5-7,9,17H,8H2,1-4H3. The van der Waals surface area contributed by atoms with Gasteiger partial charge in [-0.25, -0.2) is 4.98 Å². The number of benzene rings is 1. The fourth-order valence-electron chi connectivity index (χ4n) is 1.60. The first kappa shape index (κ1) is 15.6. The second kappa shape index (κ2) is 6.33. The van der Waals surface area contributed by atoms with Crippen molar-refractivity contribution < 1.29 is 4.42 Å². The van der Waals surface area contributed by atoms with Crippen LogP contribution in [0.3, 0.4) is 0 Å². The summed E-state index contributed by atoms with van der Waals surface area (Å²) in [5, 5.41) is 4.19. The van der Waals surface area contributed by atoms with Gasteiger partial charge >= 0.3 is 0 Å². The molecule has 2 rings (SSSR count). The fraction of sp³-hybridized carbons (Fsp3) is 0.400. The second-order valence-electron chi connectivity index (χ2n) is 5.71. The maximum Gasteiger partial charge on any atom is 0.260 e. The minimum Gasteiger partial charge on any atom is -0.439 e. The summed E-state index contributed by atoms with van der Waals surface area (Å²) in [6, 6.07) is 6.29. The molecule has 1 N–H and O–H groups in total. The Bertz CT molecular complexity index is 590. The molecule has 0 saturated heterocycles. The minimum atomic E-state index is 0.0918. The van der Waals surface area contributed by atoms with E-state index in [1.54, 1.807) is 18.0 Å². The van der Waals surface area contributed by atoms with E-state index < -0.39 is 0 Å². The lowest BCUT2D eigenvalue weighted by Crippen LogP contribution is -2.35. The molecule has 2 aromatic rings. The lowest BCUT2D eigenvalue weighted by atomic mass is 10.1. The van der Waals surface area contributed by atoms with Crippen LogP contribution in [0.5, 0.6) is 0 Å². The molecule has 0 unspecified atom stereocenters. The van der Waals surface area contributed by atoms with E-state index in [9.17, 15) is 0 Å². The maximum atomic E-state index is 5.42. The molecule has 0 radical (unpaired) electrons. The highest BCUT2D eigenvalue weighted by Crippen LogP contribution is 2.32. The minimum absolute atomic E-state index is 0.0918. The van der Waals surface area contributed by atoms with Crippen LogP contribution in [0.4, 0.5) is 0 Å². The van der Waals surface area contributed by atoms with Crippen LogP contribution < -0.4 is 5.32 Å². The molecule has 1 aromatic heterocycles. The number of halogens is 1. The lowest BCUT2D eigenvalue weighted by molar-refractivity contribution is 0.422. The summed E-state index contributed by atoms with van der Waals surface area (Å²) in [5.74, 6) is 0. The highest BCUT2D eigenvalue weighted by Gasteiger charge is 2.13. The summed E-state index contributed by atoms with van der Waals surface area (Å²) >= 11 is 5.07. The average molecular weight is 355 g/mol. The van der Waals surface area contributed by atoms with Crippen LogP contribution in [-0.4, -0.2) is 10.5 Å². The van der Waals surface area contributed by atoms with Crippen molar-refractivity contribution >= 4 is 27.7 Å². The van der Waals surface area contributed by atoms with Crippen molar-refractivity contribution in [3.05, 3.63) is 40.2 Å². The van der Waals surface area contributed by atoms with Crippen molar-refractivity contribution in [2.24, 2.45) is 0 Å². The molecule has 0 amide bonds. The summed E-state index contributed by atoms with van der Waals surface area (Å²) in [6.07, 6.45) is 1.67. The molecule has 1 aromatic carbocycles. The van der Waals surface area contributed by atoms with Gasteiger partial charge in [0.25, 0.3) is 5.22 Å². The molecule has 0 fully saturated rings. The highest BCUT2D eigenvalue weighted by molar-refractivity contribution is 9.10. The predicted octanol–water partition coefficient (Wildman–Crippen LogP) is 4.78. The SMILES string of the molecule is Cc1coc(Sc2cc(Br)ccc2CNC(C)(C)C)n1. The summed E-state index contributed by atoms with van der Waals surface area (Å²) in [6.45, 7) is 9.23. The summed E-state index contributed by atoms with van der Waals surface area (Å²) < 4.78 is 6.48. The number of nitrogens with one attached hydrogen (secondary N) is 1. The van der Waals surface area contributed by atoms with Crippen molar-refractivity contribution in [3.63, 3.8) is 0 Å². The highest BCUT2D eigenvalue weighted by atomic mass is 79.9. The first-order chi connectivity index (χ1) is 9.33. The van der Waals surface area contributed by atoms with Crippen molar-refractivity contribution in [2.45, 2.75) is 49.9 Å². The van der Waals surface area contributed by atoms with Crippen LogP contribution >= 0.6 is 27.7 Å². The quantitative estimate of drug-likeness (QED) is 0.856. The first-order valence-electron chi connectivity index (χ1n) is 6.47. The van der Waals surface area contributed by atoms with Gasteiger partial charge in [-0.1, -0.05) is 22.0 Å². The molecule has 0 atom stereocenters. The number of nitrogens with zero attached hydrogens (tertiary/aromatic N) is 1. The largest absolute Gasteiger partial charge is 0.439 e. The van der Waals surface area contributed by atoms with Gasteiger partial charge in [0.2, 0.25) is 0 Å². The zero-order valence-electron chi connectivity index (χ0n) is 12.2. The van der Waals surface area contributed by atoms with Gasteiger partial charge in [0.15, 0.2) is 0 Å². The van der Waals surface area contributed by atoms with Crippen molar-refractivity contribution in [3.8, 4) is 0 Å². The van der Waals surface area contributed by atoms with Gasteiger partial charge in [0.1, 0.15) is 6.26 Å². The molecule has 0 saturated carbocycles. The first-order valence-corrected chi connectivity index (χ1v) is 8.08. The molecule has 0 bridgehead atoms. The van der Waals surface area contributed by atoms with Crippen LogP contribution in [0.2, 0.25) is 0 Å². The van der Waals surface area contributed by atoms with E-state index in [1.165, 1.54) is 5.56 Å². The molecule has 0 aliphatic rings. The number of oxazole rings is 1. The number of hydrogen-bond acceptors (Lipinski definition) is 4. The normalized spacial score (nSPS) is 11.8. The fourth-order valence-corrected chi connectivity index (χ4v) is 3.05. The molecule has 0 aliphatic heterocycles. The van der Waals surface area contributed by atoms with Gasteiger partial charge in [-0.3, -0.25) is 0 Å². The molecule has 3 nitrogen and oxygen atoms in total. The average Bonchev–Trinajstić information content (AvgIpc) is 2.72. The van der Waals surface area contributed by atoms with E-state index >= 15 is 0 Å². The van der Waals surface area contributed by atoms with Gasteiger partial charge in [-0.05, 0) is 57.2 Å². The Morgan fingerprint density at radius 1 is 1.35 bits per heavy atom. The Labute approximate surface area is 132 Å². The Morgan fingerprint density at radius 2 is 2.10 bits per heavy atom.